The number of rotatable bonds is 6. The van der Waals surface area contributed by atoms with Crippen LogP contribution in [0.5, 0.6) is 0 Å². The van der Waals surface area contributed by atoms with E-state index >= 15 is 0 Å². The van der Waals surface area contributed by atoms with Crippen molar-refractivity contribution < 1.29 is 9.26 Å². The number of aryl methyl sites for hydroxylation is 2. The summed E-state index contributed by atoms with van der Waals surface area (Å²) in [6.07, 6.45) is 3.03. The van der Waals surface area contributed by atoms with Gasteiger partial charge in [0.15, 0.2) is 5.82 Å². The molecule has 0 radical (unpaired) electrons. The first-order valence-corrected chi connectivity index (χ1v) is 10.1. The molecule has 150 valence electrons. The smallest absolute Gasteiger partial charge is 0.240 e. The van der Waals surface area contributed by atoms with Crippen molar-refractivity contribution >= 4 is 11.0 Å². The zero-order valence-corrected chi connectivity index (χ0v) is 17.1. The molecule has 7 nitrogen and oxygen atoms in total. The van der Waals surface area contributed by atoms with E-state index in [9.17, 15) is 0 Å². The van der Waals surface area contributed by atoms with Crippen molar-refractivity contribution in [1.29, 1.82) is 0 Å². The second kappa shape index (κ2) is 8.01. The van der Waals surface area contributed by atoms with Crippen LogP contribution in [0.1, 0.15) is 51.0 Å². The Morgan fingerprint density at radius 3 is 2.75 bits per heavy atom. The molecule has 0 N–H and O–H groups in total. The minimum Gasteiger partial charge on any atom is -0.373 e. The van der Waals surface area contributed by atoms with Gasteiger partial charge >= 0.3 is 0 Å². The second-order valence-corrected chi connectivity index (χ2v) is 8.10. The van der Waals surface area contributed by atoms with Gasteiger partial charge in [-0.3, -0.25) is 4.90 Å². The van der Waals surface area contributed by atoms with Crippen LogP contribution in [-0.2, 0) is 24.2 Å². The first-order chi connectivity index (χ1) is 13.5. The van der Waals surface area contributed by atoms with E-state index in [-0.39, 0.29) is 12.2 Å². The van der Waals surface area contributed by atoms with Crippen molar-refractivity contribution in [2.75, 3.05) is 13.1 Å². The summed E-state index contributed by atoms with van der Waals surface area (Å²) in [5.41, 5.74) is 2.31. The van der Waals surface area contributed by atoms with Crippen molar-refractivity contribution in [1.82, 2.24) is 24.6 Å². The van der Waals surface area contributed by atoms with Gasteiger partial charge < -0.3 is 13.8 Å². The summed E-state index contributed by atoms with van der Waals surface area (Å²) in [5, 5.41) is 5.37. The van der Waals surface area contributed by atoms with E-state index in [1.165, 1.54) is 11.1 Å². The maximum absolute atomic E-state index is 5.79. The molecule has 0 bridgehead atoms. The number of aromatic nitrogens is 4. The standard InChI is InChI=1S/C21H29N5O2/c1-14(2)18-10-17-6-5-8-22-21(17)26(18)9-7-19-23-20(28-24-19)13-25-11-15(3)27-16(4)12-25/h5-6,8,10,14-16H,7,9,11-13H2,1-4H3/t15-,16-/m0/s1. The van der Waals surface area contributed by atoms with Crippen molar-refractivity contribution in [3.05, 3.63) is 41.8 Å². The van der Waals surface area contributed by atoms with Crippen molar-refractivity contribution in [3.8, 4) is 0 Å². The lowest BCUT2D eigenvalue weighted by Gasteiger charge is -2.34. The summed E-state index contributed by atoms with van der Waals surface area (Å²) in [7, 11) is 0. The molecule has 0 amide bonds. The van der Waals surface area contributed by atoms with Crippen molar-refractivity contribution in [3.63, 3.8) is 0 Å². The Hall–Kier alpha value is -2.25. The molecule has 2 atom stereocenters. The number of fused-ring (bicyclic) bond motifs is 1. The number of pyridine rings is 1. The van der Waals surface area contributed by atoms with E-state index in [1.54, 1.807) is 0 Å². The minimum absolute atomic E-state index is 0.232. The summed E-state index contributed by atoms with van der Waals surface area (Å²) < 4.78 is 13.6. The van der Waals surface area contributed by atoms with Crippen LogP contribution in [0.3, 0.4) is 0 Å². The summed E-state index contributed by atoms with van der Waals surface area (Å²) >= 11 is 0. The molecule has 1 saturated heterocycles. The molecule has 1 aliphatic heterocycles. The zero-order chi connectivity index (χ0) is 19.7. The van der Waals surface area contributed by atoms with Crippen LogP contribution in [0, 0.1) is 0 Å². The molecule has 4 rings (SSSR count). The third-order valence-corrected chi connectivity index (χ3v) is 5.20. The molecular weight excluding hydrogens is 354 g/mol. The van der Waals surface area contributed by atoms with Crippen LogP contribution in [0.15, 0.2) is 28.9 Å². The van der Waals surface area contributed by atoms with Gasteiger partial charge in [0, 0.05) is 43.3 Å². The monoisotopic (exact) mass is 383 g/mol. The Morgan fingerprint density at radius 1 is 1.21 bits per heavy atom. The molecule has 0 saturated carbocycles. The van der Waals surface area contributed by atoms with Crippen LogP contribution >= 0.6 is 0 Å². The van der Waals surface area contributed by atoms with Crippen molar-refractivity contribution in [2.45, 2.75) is 65.3 Å². The quantitative estimate of drug-likeness (QED) is 0.650. The topological polar surface area (TPSA) is 69.2 Å². The molecule has 7 heteroatoms. The molecule has 0 aromatic carbocycles. The SMILES string of the molecule is CC(C)c1cc2cccnc2n1CCc1noc(CN2C[C@H](C)O[C@@H](C)C2)n1. The predicted octanol–water partition coefficient (Wildman–Crippen LogP) is 3.39. The Bertz CT molecular complexity index is 922. The molecule has 3 aromatic rings. The Balaban J connectivity index is 1.44. The lowest BCUT2D eigenvalue weighted by atomic mass is 10.1. The summed E-state index contributed by atoms with van der Waals surface area (Å²) in [6.45, 7) is 11.9. The van der Waals surface area contributed by atoms with E-state index in [0.29, 0.717) is 18.4 Å². The number of hydrogen-bond donors (Lipinski definition) is 0. The Labute approximate surface area is 165 Å². The van der Waals surface area contributed by atoms with E-state index in [1.807, 2.05) is 12.3 Å². The molecule has 1 aliphatic rings. The first-order valence-electron chi connectivity index (χ1n) is 10.1. The number of ether oxygens (including phenoxy) is 1. The van der Waals surface area contributed by atoms with E-state index < -0.39 is 0 Å². The number of morpholine rings is 1. The molecule has 4 heterocycles. The summed E-state index contributed by atoms with van der Waals surface area (Å²) in [6, 6.07) is 6.33. The number of nitrogens with zero attached hydrogens (tertiary/aromatic N) is 5. The van der Waals surface area contributed by atoms with Crippen LogP contribution in [0.25, 0.3) is 11.0 Å². The fourth-order valence-corrected chi connectivity index (χ4v) is 4.09. The molecular formula is C21H29N5O2. The maximum Gasteiger partial charge on any atom is 0.240 e. The molecule has 28 heavy (non-hydrogen) atoms. The number of hydrogen-bond acceptors (Lipinski definition) is 6. The van der Waals surface area contributed by atoms with Crippen LogP contribution in [0.4, 0.5) is 0 Å². The summed E-state index contributed by atoms with van der Waals surface area (Å²) in [5.74, 6) is 1.85. The molecule has 0 aliphatic carbocycles. The van der Waals surface area contributed by atoms with Gasteiger partial charge in [-0.2, -0.15) is 4.98 Å². The lowest BCUT2D eigenvalue weighted by molar-refractivity contribution is -0.0725. The molecule has 0 unspecified atom stereocenters. The van der Waals surface area contributed by atoms with Gasteiger partial charge in [0.25, 0.3) is 0 Å². The van der Waals surface area contributed by atoms with Gasteiger partial charge in [-0.15, -0.1) is 0 Å². The van der Waals surface area contributed by atoms with Crippen LogP contribution in [0.2, 0.25) is 0 Å². The van der Waals surface area contributed by atoms with Crippen molar-refractivity contribution in [2.24, 2.45) is 0 Å². The second-order valence-electron chi connectivity index (χ2n) is 8.10. The third kappa shape index (κ3) is 4.10. The summed E-state index contributed by atoms with van der Waals surface area (Å²) in [4.78, 5) is 11.5. The first kappa shape index (κ1) is 19.1. The maximum atomic E-state index is 5.79. The van der Waals surface area contributed by atoms with Crippen LogP contribution in [-0.4, -0.2) is 49.9 Å². The predicted molar refractivity (Wildman–Crippen MR) is 107 cm³/mol. The third-order valence-electron chi connectivity index (χ3n) is 5.20. The van der Waals surface area contributed by atoms with Gasteiger partial charge in [0.2, 0.25) is 5.89 Å². The normalized spacial score (nSPS) is 21.0. The highest BCUT2D eigenvalue weighted by atomic mass is 16.5. The van der Waals surface area contributed by atoms with E-state index in [2.05, 4.69) is 64.4 Å². The fraction of sp³-hybridized carbons (Fsp3) is 0.571. The minimum atomic E-state index is 0.232. The lowest BCUT2D eigenvalue weighted by Crippen LogP contribution is -2.44. The zero-order valence-electron chi connectivity index (χ0n) is 17.1. The fourth-order valence-electron chi connectivity index (χ4n) is 4.09. The van der Waals surface area contributed by atoms with E-state index in [0.717, 1.165) is 37.5 Å². The van der Waals surface area contributed by atoms with Crippen LogP contribution < -0.4 is 0 Å². The average Bonchev–Trinajstić information content (AvgIpc) is 3.23. The Morgan fingerprint density at radius 2 is 2.00 bits per heavy atom. The van der Waals surface area contributed by atoms with Gasteiger partial charge in [0.1, 0.15) is 5.65 Å². The highest BCUT2D eigenvalue weighted by Crippen LogP contribution is 2.24. The molecule has 1 fully saturated rings. The van der Waals surface area contributed by atoms with Gasteiger partial charge in [0.05, 0.1) is 18.8 Å². The highest BCUT2D eigenvalue weighted by molar-refractivity contribution is 5.77. The van der Waals surface area contributed by atoms with Gasteiger partial charge in [-0.05, 0) is 38.0 Å². The highest BCUT2D eigenvalue weighted by Gasteiger charge is 2.24. The largest absolute Gasteiger partial charge is 0.373 e. The van der Waals surface area contributed by atoms with Gasteiger partial charge in [-0.25, -0.2) is 4.98 Å². The average molecular weight is 383 g/mol. The molecule has 0 spiro atoms. The van der Waals surface area contributed by atoms with E-state index in [4.69, 9.17) is 9.26 Å². The Kier molecular flexibility index (Phi) is 5.46. The molecule has 3 aromatic heterocycles. The van der Waals surface area contributed by atoms with Gasteiger partial charge in [-0.1, -0.05) is 19.0 Å².